The van der Waals surface area contributed by atoms with Gasteiger partial charge in [-0.2, -0.15) is 15.0 Å². The molecule has 6 nitrogen and oxygen atoms in total. The molecule has 0 aromatic carbocycles. The molecule has 90 valence electrons. The van der Waals surface area contributed by atoms with Gasteiger partial charge in [0.15, 0.2) is 0 Å². The Labute approximate surface area is 102 Å². The number of hydrogen-bond acceptors (Lipinski definition) is 6. The number of aromatic nitrogens is 3. The van der Waals surface area contributed by atoms with Gasteiger partial charge in [0.25, 0.3) is 0 Å². The van der Waals surface area contributed by atoms with Gasteiger partial charge < -0.3 is 10.6 Å². The molecule has 0 spiro atoms. The van der Waals surface area contributed by atoms with Crippen LogP contribution in [0.4, 0.5) is 11.9 Å². The molecule has 0 aliphatic heterocycles. The first-order valence-electron chi connectivity index (χ1n) is 4.84. The summed E-state index contributed by atoms with van der Waals surface area (Å²) in [6.07, 6.45) is 0. The maximum absolute atomic E-state index is 11.2. The number of halogens is 1. The van der Waals surface area contributed by atoms with Crippen LogP contribution in [0.25, 0.3) is 0 Å². The van der Waals surface area contributed by atoms with Crippen LogP contribution in [0.1, 0.15) is 6.92 Å². The Balaban J connectivity index is 2.53. The molecule has 0 saturated carbocycles. The minimum Gasteiger partial charge on any atom is -0.357 e. The van der Waals surface area contributed by atoms with Gasteiger partial charge in [-0.25, -0.2) is 0 Å². The Morgan fingerprint density at radius 2 is 2.00 bits per heavy atom. The average Bonchev–Trinajstić information content (AvgIpc) is 2.28. The summed E-state index contributed by atoms with van der Waals surface area (Å²) >= 11 is 5.70. The highest BCUT2D eigenvalue weighted by molar-refractivity contribution is 7.84. The Morgan fingerprint density at radius 1 is 1.31 bits per heavy atom. The molecule has 1 rings (SSSR count). The van der Waals surface area contributed by atoms with Crippen molar-refractivity contribution in [2.75, 3.05) is 35.7 Å². The molecule has 16 heavy (non-hydrogen) atoms. The number of hydrogen-bond donors (Lipinski definition) is 2. The van der Waals surface area contributed by atoms with Crippen molar-refractivity contribution >= 4 is 34.3 Å². The largest absolute Gasteiger partial charge is 0.357 e. The molecule has 0 radical (unpaired) electrons. The molecule has 1 atom stereocenters. The van der Waals surface area contributed by atoms with Gasteiger partial charge in [-0.05, 0) is 11.6 Å². The third-order valence-corrected chi connectivity index (χ3v) is 3.24. The lowest BCUT2D eigenvalue weighted by atomic mass is 10.7. The summed E-state index contributed by atoms with van der Waals surface area (Å²) in [5, 5.41) is 5.84. The van der Waals surface area contributed by atoms with Gasteiger partial charge in [0.05, 0.1) is 0 Å². The zero-order valence-electron chi connectivity index (χ0n) is 9.16. The van der Waals surface area contributed by atoms with Gasteiger partial charge in [0.2, 0.25) is 17.2 Å². The first-order valence-corrected chi connectivity index (χ1v) is 6.70. The van der Waals surface area contributed by atoms with Crippen LogP contribution in [-0.4, -0.2) is 44.3 Å². The zero-order chi connectivity index (χ0) is 12.0. The quantitative estimate of drug-likeness (QED) is 0.788. The third-order valence-electron chi connectivity index (χ3n) is 1.77. The van der Waals surface area contributed by atoms with E-state index in [9.17, 15) is 4.21 Å². The van der Waals surface area contributed by atoms with Crippen molar-refractivity contribution in [1.29, 1.82) is 0 Å². The second-order valence-electron chi connectivity index (χ2n) is 2.86. The van der Waals surface area contributed by atoms with Crippen molar-refractivity contribution in [1.82, 2.24) is 15.0 Å². The predicted octanol–water partition coefficient (Wildman–Crippen LogP) is 0.747. The first kappa shape index (κ1) is 13.1. The van der Waals surface area contributed by atoms with Crippen LogP contribution in [0.5, 0.6) is 0 Å². The van der Waals surface area contributed by atoms with E-state index in [0.29, 0.717) is 29.9 Å². The smallest absolute Gasteiger partial charge is 0.228 e. The van der Waals surface area contributed by atoms with Gasteiger partial charge in [0, 0.05) is 35.9 Å². The Kier molecular flexibility index (Phi) is 5.41. The number of nitrogens with one attached hydrogen (secondary N) is 2. The number of rotatable bonds is 6. The molecule has 1 aromatic heterocycles. The van der Waals surface area contributed by atoms with Gasteiger partial charge >= 0.3 is 0 Å². The van der Waals surface area contributed by atoms with Crippen molar-refractivity contribution in [3.05, 3.63) is 5.28 Å². The van der Waals surface area contributed by atoms with E-state index in [4.69, 9.17) is 11.6 Å². The van der Waals surface area contributed by atoms with E-state index in [1.54, 1.807) is 7.05 Å². The fraction of sp³-hybridized carbons (Fsp3) is 0.625. The maximum Gasteiger partial charge on any atom is 0.228 e. The molecule has 1 unspecified atom stereocenters. The van der Waals surface area contributed by atoms with E-state index >= 15 is 0 Å². The summed E-state index contributed by atoms with van der Waals surface area (Å²) < 4.78 is 11.2. The minimum absolute atomic E-state index is 0.124. The lowest BCUT2D eigenvalue weighted by molar-refractivity contribution is 0.684. The van der Waals surface area contributed by atoms with E-state index in [1.165, 1.54) is 0 Å². The van der Waals surface area contributed by atoms with Crippen molar-refractivity contribution in [3.63, 3.8) is 0 Å². The molecular formula is C8H14ClN5OS. The fourth-order valence-electron chi connectivity index (χ4n) is 0.962. The Bertz CT molecular complexity index is 375. The highest BCUT2D eigenvalue weighted by Crippen LogP contribution is 2.08. The fourth-order valence-corrected chi connectivity index (χ4v) is 1.74. The van der Waals surface area contributed by atoms with Crippen LogP contribution < -0.4 is 10.6 Å². The minimum atomic E-state index is -0.795. The monoisotopic (exact) mass is 263 g/mol. The highest BCUT2D eigenvalue weighted by Gasteiger charge is 2.03. The molecule has 0 aliphatic carbocycles. The summed E-state index contributed by atoms with van der Waals surface area (Å²) in [7, 11) is 0.901. The Hall–Kier alpha value is -0.950. The van der Waals surface area contributed by atoms with Crippen molar-refractivity contribution in [2.45, 2.75) is 6.92 Å². The molecule has 1 heterocycles. The molecule has 0 fully saturated rings. The van der Waals surface area contributed by atoms with Gasteiger partial charge in [-0.3, -0.25) is 4.21 Å². The van der Waals surface area contributed by atoms with Crippen LogP contribution in [0.15, 0.2) is 0 Å². The van der Waals surface area contributed by atoms with Crippen molar-refractivity contribution in [2.24, 2.45) is 0 Å². The molecular weight excluding hydrogens is 250 g/mol. The van der Waals surface area contributed by atoms with Crippen LogP contribution in [0.3, 0.4) is 0 Å². The van der Waals surface area contributed by atoms with E-state index in [-0.39, 0.29) is 5.28 Å². The Morgan fingerprint density at radius 3 is 2.62 bits per heavy atom. The second kappa shape index (κ2) is 6.59. The van der Waals surface area contributed by atoms with Gasteiger partial charge in [-0.15, -0.1) is 0 Å². The topological polar surface area (TPSA) is 79.8 Å². The normalized spacial score (nSPS) is 12.2. The summed E-state index contributed by atoms with van der Waals surface area (Å²) in [6.45, 7) is 2.43. The predicted molar refractivity (Wildman–Crippen MR) is 66.4 cm³/mol. The average molecular weight is 264 g/mol. The molecule has 0 saturated heterocycles. The van der Waals surface area contributed by atoms with Gasteiger partial charge in [0.1, 0.15) is 0 Å². The van der Waals surface area contributed by atoms with E-state index < -0.39 is 10.8 Å². The lowest BCUT2D eigenvalue weighted by Gasteiger charge is -2.05. The molecule has 2 N–H and O–H groups in total. The second-order valence-corrected chi connectivity index (χ2v) is 5.06. The van der Waals surface area contributed by atoms with E-state index in [1.807, 2.05) is 6.92 Å². The molecule has 8 heteroatoms. The van der Waals surface area contributed by atoms with Crippen LogP contribution in [-0.2, 0) is 10.8 Å². The maximum atomic E-state index is 11.2. The van der Waals surface area contributed by atoms with E-state index in [0.717, 1.165) is 0 Å². The third kappa shape index (κ3) is 4.28. The lowest BCUT2D eigenvalue weighted by Crippen LogP contribution is -2.14. The number of nitrogens with zero attached hydrogens (tertiary/aromatic N) is 3. The molecule has 1 aromatic rings. The highest BCUT2D eigenvalue weighted by atomic mass is 35.5. The van der Waals surface area contributed by atoms with E-state index in [2.05, 4.69) is 25.6 Å². The van der Waals surface area contributed by atoms with Crippen molar-refractivity contribution < 1.29 is 4.21 Å². The molecule has 0 bridgehead atoms. The SMILES string of the molecule is CCS(=O)CCNc1nc(Cl)nc(NC)n1. The standard InChI is InChI=1S/C8H14ClN5OS/c1-3-16(15)5-4-11-8-13-6(9)12-7(10-2)14-8/h3-5H2,1-2H3,(H2,10,11,12,13,14). The van der Waals surface area contributed by atoms with Gasteiger partial charge in [-0.1, -0.05) is 6.92 Å². The van der Waals surface area contributed by atoms with Crippen molar-refractivity contribution in [3.8, 4) is 0 Å². The van der Waals surface area contributed by atoms with Crippen LogP contribution in [0, 0.1) is 0 Å². The van der Waals surface area contributed by atoms with Crippen LogP contribution in [0.2, 0.25) is 5.28 Å². The summed E-state index contributed by atoms with van der Waals surface area (Å²) in [5.41, 5.74) is 0. The molecule has 0 amide bonds. The number of anilines is 2. The zero-order valence-corrected chi connectivity index (χ0v) is 10.7. The van der Waals surface area contributed by atoms with Crippen LogP contribution >= 0.6 is 11.6 Å². The summed E-state index contributed by atoms with van der Waals surface area (Å²) in [4.78, 5) is 11.8. The first-order chi connectivity index (χ1) is 7.65. The summed E-state index contributed by atoms with van der Waals surface area (Å²) in [6, 6.07) is 0. The summed E-state index contributed by atoms with van der Waals surface area (Å²) in [5.74, 6) is 2.01. The molecule has 0 aliphatic rings.